The van der Waals surface area contributed by atoms with Crippen LogP contribution in [-0.4, -0.2) is 43.0 Å². The Kier molecular flexibility index (Phi) is 4.86. The monoisotopic (exact) mass is 362 g/mol. The minimum atomic E-state index is 0.327. The average molecular weight is 362 g/mol. The van der Waals surface area contributed by atoms with Crippen LogP contribution in [0.25, 0.3) is 0 Å². The predicted octanol–water partition coefficient (Wildman–Crippen LogP) is 2.80. The van der Waals surface area contributed by atoms with Crippen LogP contribution < -0.4 is 10.2 Å². The van der Waals surface area contributed by atoms with Gasteiger partial charge in [-0.3, -0.25) is 0 Å². The van der Waals surface area contributed by atoms with Crippen LogP contribution in [-0.2, 0) is 0 Å². The van der Waals surface area contributed by atoms with Crippen molar-refractivity contribution in [1.29, 1.82) is 0 Å². The van der Waals surface area contributed by atoms with E-state index in [-0.39, 0.29) is 0 Å². The average Bonchev–Trinajstić information content (AvgIpc) is 2.68. The summed E-state index contributed by atoms with van der Waals surface area (Å²) in [5.74, 6) is 4.09. The quantitative estimate of drug-likeness (QED) is 0.757. The highest BCUT2D eigenvalue weighted by atomic mass is 15.2. The van der Waals surface area contributed by atoms with E-state index in [0.717, 1.165) is 54.9 Å². The molecule has 4 rings (SSSR count). The van der Waals surface area contributed by atoms with Crippen molar-refractivity contribution < 1.29 is 0 Å². The molecule has 1 aliphatic heterocycles. The molecule has 0 aromatic carbocycles. The number of aromatic nitrogens is 6. The third kappa shape index (κ3) is 4.16. The fourth-order valence-corrected chi connectivity index (χ4v) is 3.39. The molecule has 3 aromatic rings. The molecule has 1 unspecified atom stereocenters. The van der Waals surface area contributed by atoms with Gasteiger partial charge in [0.05, 0.1) is 5.69 Å². The first-order chi connectivity index (χ1) is 13.2. The lowest BCUT2D eigenvalue weighted by atomic mass is 9.94. The van der Waals surface area contributed by atoms with Crippen molar-refractivity contribution in [1.82, 2.24) is 29.9 Å². The number of piperidine rings is 1. The first kappa shape index (κ1) is 17.3. The lowest BCUT2D eigenvalue weighted by Crippen LogP contribution is -2.35. The van der Waals surface area contributed by atoms with E-state index < -0.39 is 0 Å². The van der Waals surface area contributed by atoms with Gasteiger partial charge in [0.25, 0.3) is 0 Å². The van der Waals surface area contributed by atoms with Crippen LogP contribution in [0, 0.1) is 13.8 Å². The molecule has 0 saturated carbocycles. The maximum absolute atomic E-state index is 4.69. The van der Waals surface area contributed by atoms with E-state index in [0.29, 0.717) is 11.9 Å². The highest BCUT2D eigenvalue weighted by Gasteiger charge is 2.24. The number of rotatable bonds is 4. The first-order valence-electron chi connectivity index (χ1n) is 9.11. The summed E-state index contributed by atoms with van der Waals surface area (Å²) in [6.45, 7) is 5.71. The van der Waals surface area contributed by atoms with E-state index in [1.807, 2.05) is 32.2 Å². The van der Waals surface area contributed by atoms with Gasteiger partial charge in [0.2, 0.25) is 5.95 Å². The molecule has 0 aliphatic carbocycles. The topological polar surface area (TPSA) is 92.6 Å². The highest BCUT2D eigenvalue weighted by molar-refractivity contribution is 5.48. The molecule has 0 bridgehead atoms. The van der Waals surface area contributed by atoms with Crippen LogP contribution in [0.1, 0.15) is 36.1 Å². The number of aryl methyl sites for hydroxylation is 2. The SMILES string of the molecule is Cc1nc(Nc2ncccn2)cc(C2CCCN(c3ccnc(C)n3)C2)n1. The Morgan fingerprint density at radius 1 is 1.00 bits per heavy atom. The second-order valence-electron chi connectivity index (χ2n) is 6.67. The van der Waals surface area contributed by atoms with Crippen molar-refractivity contribution in [3.05, 3.63) is 54.1 Å². The number of hydrogen-bond donors (Lipinski definition) is 1. The lowest BCUT2D eigenvalue weighted by Gasteiger charge is -2.33. The van der Waals surface area contributed by atoms with Crippen LogP contribution >= 0.6 is 0 Å². The van der Waals surface area contributed by atoms with Crippen LogP contribution in [0.4, 0.5) is 17.6 Å². The van der Waals surface area contributed by atoms with Gasteiger partial charge in [0, 0.05) is 43.7 Å². The Morgan fingerprint density at radius 2 is 1.85 bits per heavy atom. The zero-order valence-corrected chi connectivity index (χ0v) is 15.5. The van der Waals surface area contributed by atoms with Gasteiger partial charge in [-0.15, -0.1) is 0 Å². The lowest BCUT2D eigenvalue weighted by molar-refractivity contribution is 0.497. The summed E-state index contributed by atoms with van der Waals surface area (Å²) in [4.78, 5) is 28.7. The molecule has 4 heterocycles. The minimum absolute atomic E-state index is 0.327. The molecule has 1 saturated heterocycles. The second-order valence-corrected chi connectivity index (χ2v) is 6.67. The molecule has 1 N–H and O–H groups in total. The van der Waals surface area contributed by atoms with Gasteiger partial charge in [-0.05, 0) is 38.8 Å². The predicted molar refractivity (Wildman–Crippen MR) is 103 cm³/mol. The largest absolute Gasteiger partial charge is 0.356 e. The van der Waals surface area contributed by atoms with E-state index in [1.54, 1.807) is 18.5 Å². The molecule has 1 atom stereocenters. The molecule has 0 radical (unpaired) electrons. The number of hydrogen-bond acceptors (Lipinski definition) is 8. The number of nitrogens with one attached hydrogen (secondary N) is 1. The van der Waals surface area contributed by atoms with Crippen molar-refractivity contribution in [3.8, 4) is 0 Å². The molecule has 0 amide bonds. The summed E-state index contributed by atoms with van der Waals surface area (Å²) < 4.78 is 0. The van der Waals surface area contributed by atoms with E-state index in [2.05, 4.69) is 35.1 Å². The summed E-state index contributed by atoms with van der Waals surface area (Å²) in [6.07, 6.45) is 7.41. The Morgan fingerprint density at radius 3 is 2.67 bits per heavy atom. The maximum atomic E-state index is 4.69. The Hall–Kier alpha value is -3.16. The number of anilines is 3. The molecule has 27 heavy (non-hydrogen) atoms. The summed E-state index contributed by atoms with van der Waals surface area (Å²) in [5.41, 5.74) is 1.04. The Balaban J connectivity index is 1.55. The third-order valence-electron chi connectivity index (χ3n) is 4.59. The van der Waals surface area contributed by atoms with Crippen LogP contribution in [0.3, 0.4) is 0 Å². The molecule has 3 aromatic heterocycles. The highest BCUT2D eigenvalue weighted by Crippen LogP contribution is 2.29. The standard InChI is InChI=1S/C19H22N8/c1-13-20-9-6-18(25-13)27-10-3-5-15(12-27)16-11-17(24-14(2)23-16)26-19-21-7-4-8-22-19/h4,6-9,11,15H,3,5,10,12H2,1-2H3,(H,21,22,23,24,26). The second kappa shape index (κ2) is 7.61. The van der Waals surface area contributed by atoms with Crippen molar-refractivity contribution in [2.45, 2.75) is 32.6 Å². The van der Waals surface area contributed by atoms with Gasteiger partial charge >= 0.3 is 0 Å². The van der Waals surface area contributed by atoms with Crippen molar-refractivity contribution in [2.75, 3.05) is 23.3 Å². The van der Waals surface area contributed by atoms with Gasteiger partial charge in [-0.2, -0.15) is 0 Å². The van der Waals surface area contributed by atoms with Crippen molar-refractivity contribution >= 4 is 17.6 Å². The van der Waals surface area contributed by atoms with Crippen LogP contribution in [0.5, 0.6) is 0 Å². The molecule has 138 valence electrons. The molecule has 1 aliphatic rings. The van der Waals surface area contributed by atoms with E-state index in [4.69, 9.17) is 4.98 Å². The first-order valence-corrected chi connectivity index (χ1v) is 9.11. The van der Waals surface area contributed by atoms with E-state index in [9.17, 15) is 0 Å². The van der Waals surface area contributed by atoms with Crippen molar-refractivity contribution in [3.63, 3.8) is 0 Å². The fraction of sp³-hybridized carbons (Fsp3) is 0.368. The molecule has 0 spiro atoms. The summed E-state index contributed by atoms with van der Waals surface area (Å²) >= 11 is 0. The van der Waals surface area contributed by atoms with Gasteiger partial charge in [-0.25, -0.2) is 29.9 Å². The van der Waals surface area contributed by atoms with Crippen LogP contribution in [0.2, 0.25) is 0 Å². The fourth-order valence-electron chi connectivity index (χ4n) is 3.39. The molecule has 8 nitrogen and oxygen atoms in total. The normalized spacial score (nSPS) is 17.0. The Bertz CT molecular complexity index is 915. The Labute approximate surface area is 158 Å². The van der Waals surface area contributed by atoms with E-state index in [1.165, 1.54) is 0 Å². The molecular weight excluding hydrogens is 340 g/mol. The zero-order chi connectivity index (χ0) is 18.6. The van der Waals surface area contributed by atoms with Crippen LogP contribution in [0.15, 0.2) is 36.8 Å². The molecular formula is C19H22N8. The summed E-state index contributed by atoms with van der Waals surface area (Å²) in [7, 11) is 0. The van der Waals surface area contributed by atoms with Gasteiger partial charge in [0.1, 0.15) is 23.3 Å². The summed E-state index contributed by atoms with van der Waals surface area (Å²) in [6, 6.07) is 5.76. The molecule has 1 fully saturated rings. The summed E-state index contributed by atoms with van der Waals surface area (Å²) in [5, 5.41) is 3.17. The zero-order valence-electron chi connectivity index (χ0n) is 15.5. The van der Waals surface area contributed by atoms with Gasteiger partial charge in [-0.1, -0.05) is 0 Å². The third-order valence-corrected chi connectivity index (χ3v) is 4.59. The van der Waals surface area contributed by atoms with E-state index >= 15 is 0 Å². The van der Waals surface area contributed by atoms with Gasteiger partial charge in [0.15, 0.2) is 0 Å². The van der Waals surface area contributed by atoms with Crippen molar-refractivity contribution in [2.24, 2.45) is 0 Å². The molecule has 8 heteroatoms. The smallest absolute Gasteiger partial charge is 0.228 e. The maximum Gasteiger partial charge on any atom is 0.228 e. The number of nitrogens with zero attached hydrogens (tertiary/aromatic N) is 7. The minimum Gasteiger partial charge on any atom is -0.356 e. The van der Waals surface area contributed by atoms with Gasteiger partial charge < -0.3 is 10.2 Å².